The lowest BCUT2D eigenvalue weighted by molar-refractivity contribution is -0.146. The van der Waals surface area contributed by atoms with Crippen LogP contribution in [0.5, 0.6) is 0 Å². The number of para-hydroxylation sites is 1. The minimum atomic E-state index is -0.864. The number of carboxylic acids is 1. The van der Waals surface area contributed by atoms with Crippen LogP contribution in [0.15, 0.2) is 24.3 Å². The van der Waals surface area contributed by atoms with Crippen LogP contribution in [-0.2, 0) is 14.4 Å². The van der Waals surface area contributed by atoms with Gasteiger partial charge in [0.1, 0.15) is 12.2 Å². The molecule has 148 valence electrons. The monoisotopic (exact) mass is 385 g/mol. The van der Waals surface area contributed by atoms with Gasteiger partial charge in [-0.15, -0.1) is 0 Å². The van der Waals surface area contributed by atoms with Crippen molar-refractivity contribution in [3.63, 3.8) is 0 Å². The molecule has 0 bridgehead atoms. The molecule has 8 heteroatoms. The van der Waals surface area contributed by atoms with E-state index in [1.165, 1.54) is 4.90 Å². The zero-order valence-electron chi connectivity index (χ0n) is 15.8. The highest BCUT2D eigenvalue weighted by Crippen LogP contribution is 2.43. The second kappa shape index (κ2) is 6.61. The first-order valence-electron chi connectivity index (χ1n) is 9.57. The van der Waals surface area contributed by atoms with Crippen molar-refractivity contribution in [3.8, 4) is 0 Å². The van der Waals surface area contributed by atoms with E-state index in [2.05, 4.69) is 0 Å². The van der Waals surface area contributed by atoms with Crippen molar-refractivity contribution in [1.29, 1.82) is 0 Å². The Bertz CT molecular complexity index is 861. The van der Waals surface area contributed by atoms with E-state index in [0.717, 1.165) is 0 Å². The number of nitrogens with zero attached hydrogens (tertiary/aromatic N) is 3. The SMILES string of the molecule is CC12CCC(=O)N1c1ccccc1C(=O)N2CC(=O)N1CCC(C(=O)O)CC1. The molecule has 8 nitrogen and oxygen atoms in total. The Kier molecular flexibility index (Phi) is 4.36. The molecule has 4 rings (SSSR count). The number of likely N-dealkylation sites (tertiary alicyclic amines) is 1. The highest BCUT2D eigenvalue weighted by Gasteiger charge is 2.53. The van der Waals surface area contributed by atoms with Gasteiger partial charge in [-0.3, -0.25) is 24.1 Å². The number of aliphatic carboxylic acids is 1. The predicted molar refractivity (Wildman–Crippen MR) is 99.5 cm³/mol. The number of rotatable bonds is 3. The van der Waals surface area contributed by atoms with Crippen molar-refractivity contribution in [2.45, 2.75) is 38.3 Å². The molecule has 3 amide bonds. The molecule has 3 aliphatic heterocycles. The molecule has 0 saturated carbocycles. The molecule has 28 heavy (non-hydrogen) atoms. The van der Waals surface area contributed by atoms with Crippen molar-refractivity contribution in [3.05, 3.63) is 29.8 Å². The van der Waals surface area contributed by atoms with E-state index in [-0.39, 0.29) is 24.3 Å². The molecule has 1 aromatic rings. The van der Waals surface area contributed by atoms with Crippen LogP contribution in [0.4, 0.5) is 5.69 Å². The van der Waals surface area contributed by atoms with Gasteiger partial charge >= 0.3 is 5.97 Å². The number of fused-ring (bicyclic) bond motifs is 3. The highest BCUT2D eigenvalue weighted by atomic mass is 16.4. The highest BCUT2D eigenvalue weighted by molar-refractivity contribution is 6.11. The summed E-state index contributed by atoms with van der Waals surface area (Å²) in [6, 6.07) is 6.99. The number of hydrogen-bond acceptors (Lipinski definition) is 4. The summed E-state index contributed by atoms with van der Waals surface area (Å²) < 4.78 is 0. The van der Waals surface area contributed by atoms with Crippen molar-refractivity contribution in [1.82, 2.24) is 9.80 Å². The van der Waals surface area contributed by atoms with Crippen molar-refractivity contribution < 1.29 is 24.3 Å². The molecule has 1 atom stereocenters. The lowest BCUT2D eigenvalue weighted by atomic mass is 9.96. The zero-order chi connectivity index (χ0) is 20.1. The number of piperidine rings is 1. The van der Waals surface area contributed by atoms with Gasteiger partial charge in [-0.2, -0.15) is 0 Å². The first kappa shape index (κ1) is 18.5. The van der Waals surface area contributed by atoms with Gasteiger partial charge in [0.2, 0.25) is 11.8 Å². The first-order valence-corrected chi connectivity index (χ1v) is 9.57. The van der Waals surface area contributed by atoms with E-state index in [4.69, 9.17) is 5.11 Å². The van der Waals surface area contributed by atoms with Gasteiger partial charge in [-0.25, -0.2) is 0 Å². The molecule has 3 heterocycles. The Morgan fingerprint density at radius 3 is 2.54 bits per heavy atom. The Morgan fingerprint density at radius 2 is 1.86 bits per heavy atom. The maximum Gasteiger partial charge on any atom is 0.306 e. The second-order valence-electron chi connectivity index (χ2n) is 7.85. The fourth-order valence-corrected chi connectivity index (χ4v) is 4.55. The Labute approximate surface area is 162 Å². The van der Waals surface area contributed by atoms with E-state index in [9.17, 15) is 19.2 Å². The lowest BCUT2D eigenvalue weighted by Crippen LogP contribution is -2.64. The summed E-state index contributed by atoms with van der Waals surface area (Å²) in [5, 5.41) is 9.12. The topological polar surface area (TPSA) is 98.2 Å². The van der Waals surface area contributed by atoms with Crippen LogP contribution in [0.2, 0.25) is 0 Å². The van der Waals surface area contributed by atoms with E-state index < -0.39 is 17.6 Å². The number of anilines is 1. The fraction of sp³-hybridized carbons (Fsp3) is 0.500. The van der Waals surface area contributed by atoms with Crippen LogP contribution in [0, 0.1) is 5.92 Å². The molecular formula is C20H23N3O5. The number of amides is 3. The summed E-state index contributed by atoms with van der Waals surface area (Å²) >= 11 is 0. The number of carbonyl (C=O) groups excluding carboxylic acids is 3. The van der Waals surface area contributed by atoms with E-state index in [1.807, 2.05) is 6.92 Å². The lowest BCUT2D eigenvalue weighted by Gasteiger charge is -2.48. The molecule has 1 N–H and O–H groups in total. The van der Waals surface area contributed by atoms with Gasteiger partial charge < -0.3 is 14.9 Å². The summed E-state index contributed by atoms with van der Waals surface area (Å²) in [5.74, 6) is -1.77. The molecule has 2 saturated heterocycles. The molecule has 1 unspecified atom stereocenters. The Morgan fingerprint density at radius 1 is 1.18 bits per heavy atom. The van der Waals surface area contributed by atoms with E-state index in [0.29, 0.717) is 50.0 Å². The molecule has 0 radical (unpaired) electrons. The molecule has 0 spiro atoms. The maximum atomic E-state index is 13.2. The summed E-state index contributed by atoms with van der Waals surface area (Å²) in [5.41, 5.74) is 0.161. The third-order valence-corrected chi connectivity index (χ3v) is 6.24. The zero-order valence-corrected chi connectivity index (χ0v) is 15.8. The summed E-state index contributed by atoms with van der Waals surface area (Å²) in [4.78, 5) is 54.5. The second-order valence-corrected chi connectivity index (χ2v) is 7.85. The van der Waals surface area contributed by atoms with E-state index in [1.54, 1.807) is 34.1 Å². The Hall–Kier alpha value is -2.90. The van der Waals surface area contributed by atoms with Crippen LogP contribution in [-0.4, -0.2) is 63.9 Å². The Balaban J connectivity index is 1.58. The van der Waals surface area contributed by atoms with Gasteiger partial charge in [0, 0.05) is 19.5 Å². The van der Waals surface area contributed by atoms with Gasteiger partial charge in [-0.05, 0) is 38.3 Å². The van der Waals surface area contributed by atoms with Crippen molar-refractivity contribution >= 4 is 29.4 Å². The minimum absolute atomic E-state index is 0.0535. The summed E-state index contributed by atoms with van der Waals surface area (Å²) in [6.07, 6.45) is 1.63. The van der Waals surface area contributed by atoms with Crippen LogP contribution in [0.3, 0.4) is 0 Å². The number of carbonyl (C=O) groups is 4. The van der Waals surface area contributed by atoms with Crippen LogP contribution in [0.25, 0.3) is 0 Å². The van der Waals surface area contributed by atoms with Gasteiger partial charge in [0.05, 0.1) is 17.2 Å². The van der Waals surface area contributed by atoms with Crippen LogP contribution in [0.1, 0.15) is 43.0 Å². The molecule has 0 aromatic heterocycles. The fourth-order valence-electron chi connectivity index (χ4n) is 4.55. The van der Waals surface area contributed by atoms with Gasteiger partial charge in [0.25, 0.3) is 5.91 Å². The smallest absolute Gasteiger partial charge is 0.306 e. The van der Waals surface area contributed by atoms with Crippen molar-refractivity contribution in [2.75, 3.05) is 24.5 Å². The predicted octanol–water partition coefficient (Wildman–Crippen LogP) is 1.31. The summed E-state index contributed by atoms with van der Waals surface area (Å²) in [6.45, 7) is 2.45. The van der Waals surface area contributed by atoms with Crippen LogP contribution < -0.4 is 4.90 Å². The van der Waals surface area contributed by atoms with E-state index >= 15 is 0 Å². The molecule has 2 fully saturated rings. The number of hydrogen-bond donors (Lipinski definition) is 1. The minimum Gasteiger partial charge on any atom is -0.481 e. The molecular weight excluding hydrogens is 362 g/mol. The maximum absolute atomic E-state index is 13.2. The normalized spacial score (nSPS) is 25.0. The molecule has 1 aromatic carbocycles. The molecule has 0 aliphatic carbocycles. The van der Waals surface area contributed by atoms with Crippen molar-refractivity contribution in [2.24, 2.45) is 5.92 Å². The largest absolute Gasteiger partial charge is 0.481 e. The van der Waals surface area contributed by atoms with Gasteiger partial charge in [0.15, 0.2) is 0 Å². The first-order chi connectivity index (χ1) is 13.3. The van der Waals surface area contributed by atoms with Crippen LogP contribution >= 0.6 is 0 Å². The van der Waals surface area contributed by atoms with Gasteiger partial charge in [-0.1, -0.05) is 12.1 Å². The third-order valence-electron chi connectivity index (χ3n) is 6.24. The number of carboxylic acid groups (broad SMARTS) is 1. The third kappa shape index (κ3) is 2.75. The average molecular weight is 385 g/mol. The number of benzene rings is 1. The average Bonchev–Trinajstić information content (AvgIpc) is 3.00. The standard InChI is InChI=1S/C20H23N3O5/c1-20-9-6-16(24)23(20)15-5-3-2-4-14(15)18(26)22(20)12-17(25)21-10-7-13(8-11-21)19(27)28/h2-5,13H,6-12H2,1H3,(H,27,28). The quantitative estimate of drug-likeness (QED) is 0.846. The summed E-state index contributed by atoms with van der Waals surface area (Å²) in [7, 11) is 0. The molecule has 3 aliphatic rings.